The molecule has 0 bridgehead atoms. The SMILES string of the molecule is CN(C)[C@@H]1Cc2ccccc2[C@H]1NC(=O)c1cn(-c2ccccc2)nn1. The molecule has 3 aromatic rings. The van der Waals surface area contributed by atoms with Crippen LogP contribution >= 0.6 is 0 Å². The van der Waals surface area contributed by atoms with E-state index < -0.39 is 0 Å². The molecule has 26 heavy (non-hydrogen) atoms. The summed E-state index contributed by atoms with van der Waals surface area (Å²) in [5, 5.41) is 11.3. The minimum atomic E-state index is -0.208. The van der Waals surface area contributed by atoms with Gasteiger partial charge in [0.2, 0.25) is 0 Å². The Morgan fingerprint density at radius 1 is 1.12 bits per heavy atom. The van der Waals surface area contributed by atoms with Gasteiger partial charge in [-0.3, -0.25) is 4.79 Å². The molecule has 1 amide bonds. The van der Waals surface area contributed by atoms with Crippen molar-refractivity contribution in [3.63, 3.8) is 0 Å². The molecule has 0 saturated heterocycles. The van der Waals surface area contributed by atoms with Gasteiger partial charge in [0.25, 0.3) is 5.91 Å². The number of hydrogen-bond acceptors (Lipinski definition) is 4. The first-order valence-corrected chi connectivity index (χ1v) is 8.66. The number of para-hydroxylation sites is 1. The third kappa shape index (κ3) is 2.99. The van der Waals surface area contributed by atoms with Crippen molar-refractivity contribution >= 4 is 5.91 Å². The summed E-state index contributed by atoms with van der Waals surface area (Å²) in [5.74, 6) is -0.208. The highest BCUT2D eigenvalue weighted by Crippen LogP contribution is 2.33. The molecule has 6 heteroatoms. The van der Waals surface area contributed by atoms with Crippen molar-refractivity contribution < 1.29 is 4.79 Å². The molecule has 2 atom stereocenters. The topological polar surface area (TPSA) is 63.1 Å². The maximum atomic E-state index is 12.8. The van der Waals surface area contributed by atoms with Gasteiger partial charge >= 0.3 is 0 Å². The fraction of sp³-hybridized carbons (Fsp3) is 0.250. The van der Waals surface area contributed by atoms with Crippen molar-refractivity contribution in [2.75, 3.05) is 14.1 Å². The molecule has 0 spiro atoms. The first-order chi connectivity index (χ1) is 12.6. The van der Waals surface area contributed by atoms with Crippen LogP contribution in [0.5, 0.6) is 0 Å². The number of rotatable bonds is 4. The maximum absolute atomic E-state index is 12.8. The van der Waals surface area contributed by atoms with Crippen LogP contribution in [0.1, 0.15) is 27.7 Å². The number of carbonyl (C=O) groups is 1. The van der Waals surface area contributed by atoms with E-state index in [-0.39, 0.29) is 18.0 Å². The summed E-state index contributed by atoms with van der Waals surface area (Å²) in [7, 11) is 4.09. The highest BCUT2D eigenvalue weighted by atomic mass is 16.2. The lowest BCUT2D eigenvalue weighted by molar-refractivity contribution is 0.0909. The van der Waals surface area contributed by atoms with E-state index in [4.69, 9.17) is 0 Å². The lowest BCUT2D eigenvalue weighted by Crippen LogP contribution is -2.41. The van der Waals surface area contributed by atoms with Gasteiger partial charge in [0, 0.05) is 6.04 Å². The number of nitrogens with one attached hydrogen (secondary N) is 1. The maximum Gasteiger partial charge on any atom is 0.274 e. The summed E-state index contributed by atoms with van der Waals surface area (Å²) in [6.45, 7) is 0. The first kappa shape index (κ1) is 16.5. The Hall–Kier alpha value is -2.99. The van der Waals surface area contributed by atoms with Crippen LogP contribution in [0.15, 0.2) is 60.8 Å². The van der Waals surface area contributed by atoms with Gasteiger partial charge in [-0.05, 0) is 43.8 Å². The van der Waals surface area contributed by atoms with Crippen molar-refractivity contribution in [2.24, 2.45) is 0 Å². The van der Waals surface area contributed by atoms with Crippen LogP contribution in [0.2, 0.25) is 0 Å². The number of aromatic nitrogens is 3. The van der Waals surface area contributed by atoms with Crippen molar-refractivity contribution in [2.45, 2.75) is 18.5 Å². The van der Waals surface area contributed by atoms with Crippen LogP contribution in [0, 0.1) is 0 Å². The lowest BCUT2D eigenvalue weighted by atomic mass is 10.1. The molecule has 132 valence electrons. The Bertz CT molecular complexity index is 919. The van der Waals surface area contributed by atoms with Crippen molar-refractivity contribution in [1.29, 1.82) is 0 Å². The van der Waals surface area contributed by atoms with Gasteiger partial charge in [-0.25, -0.2) is 4.68 Å². The molecule has 1 aromatic heterocycles. The first-order valence-electron chi connectivity index (χ1n) is 8.66. The van der Waals surface area contributed by atoms with E-state index in [1.165, 1.54) is 11.1 Å². The molecule has 2 aromatic carbocycles. The number of carbonyl (C=O) groups excluding carboxylic acids is 1. The van der Waals surface area contributed by atoms with Crippen LogP contribution in [-0.4, -0.2) is 45.9 Å². The van der Waals surface area contributed by atoms with E-state index in [2.05, 4.69) is 32.7 Å². The predicted molar refractivity (Wildman–Crippen MR) is 99.2 cm³/mol. The summed E-state index contributed by atoms with van der Waals surface area (Å²) in [6, 6.07) is 18.1. The average Bonchev–Trinajstić information content (AvgIpc) is 3.28. The second-order valence-electron chi connectivity index (χ2n) is 6.77. The zero-order valence-corrected chi connectivity index (χ0v) is 14.8. The lowest BCUT2D eigenvalue weighted by Gasteiger charge is -2.27. The molecular formula is C20H21N5O. The molecule has 0 aliphatic heterocycles. The Morgan fingerprint density at radius 3 is 2.62 bits per heavy atom. The fourth-order valence-electron chi connectivity index (χ4n) is 3.52. The van der Waals surface area contributed by atoms with Gasteiger partial charge in [-0.15, -0.1) is 5.10 Å². The Morgan fingerprint density at radius 2 is 1.85 bits per heavy atom. The summed E-state index contributed by atoms with van der Waals surface area (Å²) in [4.78, 5) is 14.9. The molecule has 6 nitrogen and oxygen atoms in total. The molecule has 1 aliphatic carbocycles. The zero-order valence-electron chi connectivity index (χ0n) is 14.8. The largest absolute Gasteiger partial charge is 0.342 e. The highest BCUT2D eigenvalue weighted by Gasteiger charge is 2.35. The summed E-state index contributed by atoms with van der Waals surface area (Å²) in [5.41, 5.74) is 3.65. The summed E-state index contributed by atoms with van der Waals surface area (Å²) in [6.07, 6.45) is 2.58. The number of amides is 1. The molecule has 0 radical (unpaired) electrons. The van der Waals surface area contributed by atoms with Crippen molar-refractivity contribution in [3.05, 3.63) is 77.6 Å². The Labute approximate surface area is 152 Å². The molecule has 1 N–H and O–H groups in total. The van der Waals surface area contributed by atoms with E-state index in [1.54, 1.807) is 10.9 Å². The van der Waals surface area contributed by atoms with Crippen molar-refractivity contribution in [1.82, 2.24) is 25.2 Å². The van der Waals surface area contributed by atoms with Gasteiger partial charge in [0.15, 0.2) is 5.69 Å². The minimum absolute atomic E-state index is 0.0597. The fourth-order valence-corrected chi connectivity index (χ4v) is 3.52. The molecule has 0 fully saturated rings. The van der Waals surface area contributed by atoms with Crippen LogP contribution in [0.3, 0.4) is 0 Å². The quantitative estimate of drug-likeness (QED) is 0.786. The second-order valence-corrected chi connectivity index (χ2v) is 6.77. The molecule has 0 saturated carbocycles. The smallest absolute Gasteiger partial charge is 0.274 e. The van der Waals surface area contributed by atoms with Crippen LogP contribution in [-0.2, 0) is 6.42 Å². The number of likely N-dealkylation sites (N-methyl/N-ethyl adjacent to an activating group) is 1. The van der Waals surface area contributed by atoms with E-state index in [1.807, 2.05) is 56.6 Å². The molecule has 1 aliphatic rings. The predicted octanol–water partition coefficient (Wildman–Crippen LogP) is 2.22. The minimum Gasteiger partial charge on any atom is -0.342 e. The standard InChI is InChI=1S/C20H21N5O/c1-24(2)18-12-14-8-6-7-11-16(14)19(18)21-20(26)17-13-25(23-22-17)15-9-4-3-5-10-15/h3-11,13,18-19H,12H2,1-2H3,(H,21,26)/t18-,19-/m1/s1. The highest BCUT2D eigenvalue weighted by molar-refractivity contribution is 5.92. The normalized spacial score (nSPS) is 18.7. The van der Waals surface area contributed by atoms with Crippen molar-refractivity contribution in [3.8, 4) is 5.69 Å². The zero-order chi connectivity index (χ0) is 18.1. The summed E-state index contributed by atoms with van der Waals surface area (Å²) < 4.78 is 1.61. The third-order valence-corrected chi connectivity index (χ3v) is 4.90. The third-order valence-electron chi connectivity index (χ3n) is 4.90. The molecule has 0 unspecified atom stereocenters. The van der Waals surface area contributed by atoms with Gasteiger partial charge < -0.3 is 10.2 Å². The van der Waals surface area contributed by atoms with Gasteiger partial charge in [-0.2, -0.15) is 0 Å². The van der Waals surface area contributed by atoms with Crippen LogP contribution in [0.4, 0.5) is 0 Å². The van der Waals surface area contributed by atoms with Gasteiger partial charge in [0.1, 0.15) is 0 Å². The molecule has 1 heterocycles. The number of benzene rings is 2. The number of fused-ring (bicyclic) bond motifs is 1. The van der Waals surface area contributed by atoms with E-state index in [0.717, 1.165) is 12.1 Å². The summed E-state index contributed by atoms with van der Waals surface area (Å²) >= 11 is 0. The molecular weight excluding hydrogens is 326 g/mol. The number of nitrogens with zero attached hydrogens (tertiary/aromatic N) is 4. The molecule has 4 rings (SSSR count). The average molecular weight is 347 g/mol. The van der Waals surface area contributed by atoms with E-state index >= 15 is 0 Å². The Kier molecular flexibility index (Phi) is 4.26. The second kappa shape index (κ2) is 6.72. The van der Waals surface area contributed by atoms with Crippen LogP contribution in [0.25, 0.3) is 5.69 Å². The van der Waals surface area contributed by atoms with Crippen LogP contribution < -0.4 is 5.32 Å². The Balaban J connectivity index is 1.57. The van der Waals surface area contributed by atoms with Gasteiger partial charge in [-0.1, -0.05) is 47.7 Å². The number of hydrogen-bond donors (Lipinski definition) is 1. The monoisotopic (exact) mass is 347 g/mol. The van der Waals surface area contributed by atoms with E-state index in [9.17, 15) is 4.79 Å². The van der Waals surface area contributed by atoms with Gasteiger partial charge in [0.05, 0.1) is 17.9 Å². The van der Waals surface area contributed by atoms with E-state index in [0.29, 0.717) is 5.69 Å².